The van der Waals surface area contributed by atoms with Crippen LogP contribution in [-0.2, 0) is 16.1 Å². The number of aryl methyl sites for hydroxylation is 2. The summed E-state index contributed by atoms with van der Waals surface area (Å²) >= 11 is 0. The van der Waals surface area contributed by atoms with Crippen molar-refractivity contribution in [2.45, 2.75) is 52.9 Å². The molecule has 1 amide bonds. The lowest BCUT2D eigenvalue weighted by Crippen LogP contribution is -2.45. The summed E-state index contributed by atoms with van der Waals surface area (Å²) < 4.78 is 11.3. The van der Waals surface area contributed by atoms with Crippen LogP contribution >= 0.6 is 0 Å². The number of ether oxygens (including phenoxy) is 1. The Morgan fingerprint density at radius 2 is 2.17 bits per heavy atom. The Bertz CT molecular complexity index is 550. The van der Waals surface area contributed by atoms with Gasteiger partial charge in [0.1, 0.15) is 5.76 Å². The van der Waals surface area contributed by atoms with Gasteiger partial charge in [0, 0.05) is 31.7 Å². The zero-order chi connectivity index (χ0) is 16.6. The van der Waals surface area contributed by atoms with Gasteiger partial charge in [0.05, 0.1) is 23.8 Å². The smallest absolute Gasteiger partial charge is 0.225 e. The van der Waals surface area contributed by atoms with Gasteiger partial charge in [0.25, 0.3) is 0 Å². The van der Waals surface area contributed by atoms with Gasteiger partial charge >= 0.3 is 0 Å². The van der Waals surface area contributed by atoms with Crippen LogP contribution in [0.3, 0.4) is 0 Å². The topological polar surface area (TPSA) is 67.6 Å². The van der Waals surface area contributed by atoms with E-state index in [1.807, 2.05) is 13.8 Å². The van der Waals surface area contributed by atoms with Crippen LogP contribution in [-0.4, -0.2) is 47.8 Å². The number of rotatable bonds is 5. The maximum Gasteiger partial charge on any atom is 0.225 e. The van der Waals surface area contributed by atoms with Gasteiger partial charge in [-0.3, -0.25) is 9.69 Å². The van der Waals surface area contributed by atoms with E-state index in [9.17, 15) is 4.79 Å². The molecule has 2 aliphatic heterocycles. The molecule has 0 aliphatic carbocycles. The molecule has 1 aromatic rings. The molecular weight excluding hydrogens is 294 g/mol. The van der Waals surface area contributed by atoms with Crippen molar-refractivity contribution in [3.05, 3.63) is 17.0 Å². The number of aromatic nitrogens is 1. The number of hydrogen-bond acceptors (Lipinski definition) is 5. The fraction of sp³-hybridized carbons (Fsp3) is 0.765. The summed E-state index contributed by atoms with van der Waals surface area (Å²) in [5.41, 5.74) is 2.11. The second kappa shape index (κ2) is 6.61. The quantitative estimate of drug-likeness (QED) is 0.893. The van der Waals surface area contributed by atoms with E-state index in [0.717, 1.165) is 49.6 Å². The molecular formula is C17H27N3O3. The largest absolute Gasteiger partial charge is 0.371 e. The first-order valence-electron chi connectivity index (χ1n) is 8.51. The fourth-order valence-corrected chi connectivity index (χ4v) is 3.53. The standard InChI is InChI=1S/C17H27N3O3/c1-10(2)6-18-17(21)14-5-13-7-20(9-16(14)22-13)8-15-11(3)19-23-12(15)4/h10,13-14,16H,5-9H2,1-4H3,(H,18,21)/t13-,14+,16-/m1/s1. The lowest BCUT2D eigenvalue weighted by molar-refractivity contribution is -0.128. The Kier molecular flexibility index (Phi) is 4.73. The van der Waals surface area contributed by atoms with Crippen LogP contribution in [0, 0.1) is 25.7 Å². The lowest BCUT2D eigenvalue weighted by Gasteiger charge is -2.32. The van der Waals surface area contributed by atoms with E-state index in [4.69, 9.17) is 9.26 Å². The van der Waals surface area contributed by atoms with E-state index in [1.165, 1.54) is 0 Å². The maximum atomic E-state index is 12.4. The average molecular weight is 321 g/mol. The number of nitrogens with zero attached hydrogens (tertiary/aromatic N) is 2. The van der Waals surface area contributed by atoms with Crippen molar-refractivity contribution >= 4 is 5.91 Å². The number of morpholine rings is 1. The Morgan fingerprint density at radius 1 is 1.39 bits per heavy atom. The normalized spacial score (nSPS) is 27.6. The van der Waals surface area contributed by atoms with Crippen LogP contribution in [0.15, 0.2) is 4.52 Å². The van der Waals surface area contributed by atoms with E-state index in [-0.39, 0.29) is 24.0 Å². The number of hydrogen-bond donors (Lipinski definition) is 1. The predicted octanol–water partition coefficient (Wildman–Crippen LogP) is 1.65. The zero-order valence-corrected chi connectivity index (χ0v) is 14.5. The molecule has 2 aliphatic rings. The third-order valence-corrected chi connectivity index (χ3v) is 4.82. The third-order valence-electron chi connectivity index (χ3n) is 4.82. The van der Waals surface area contributed by atoms with Crippen LogP contribution in [0.25, 0.3) is 0 Å². The Morgan fingerprint density at radius 3 is 2.83 bits per heavy atom. The number of carbonyl (C=O) groups excluding carboxylic acids is 1. The molecule has 0 saturated carbocycles. The Labute approximate surface area is 137 Å². The first kappa shape index (κ1) is 16.5. The molecule has 0 radical (unpaired) electrons. The van der Waals surface area contributed by atoms with Crippen molar-refractivity contribution in [2.75, 3.05) is 19.6 Å². The van der Waals surface area contributed by atoms with E-state index < -0.39 is 0 Å². The first-order valence-corrected chi connectivity index (χ1v) is 8.51. The molecule has 2 fully saturated rings. The summed E-state index contributed by atoms with van der Waals surface area (Å²) in [4.78, 5) is 14.8. The number of amides is 1. The van der Waals surface area contributed by atoms with Gasteiger partial charge in [-0.15, -0.1) is 0 Å². The second-order valence-corrected chi connectivity index (χ2v) is 7.27. The van der Waals surface area contributed by atoms with Crippen LogP contribution in [0.1, 0.15) is 37.3 Å². The van der Waals surface area contributed by atoms with E-state index in [0.29, 0.717) is 5.92 Å². The molecule has 2 bridgehead atoms. The summed E-state index contributed by atoms with van der Waals surface area (Å²) in [7, 11) is 0. The van der Waals surface area contributed by atoms with Gasteiger partial charge in [-0.1, -0.05) is 19.0 Å². The van der Waals surface area contributed by atoms with Crippen molar-refractivity contribution < 1.29 is 14.1 Å². The molecule has 6 heteroatoms. The molecule has 0 spiro atoms. The molecule has 128 valence electrons. The van der Waals surface area contributed by atoms with Gasteiger partial charge in [0.15, 0.2) is 0 Å². The predicted molar refractivity (Wildman–Crippen MR) is 85.9 cm³/mol. The summed E-state index contributed by atoms with van der Waals surface area (Å²) in [6, 6.07) is 0. The van der Waals surface area contributed by atoms with Crippen LogP contribution in [0.5, 0.6) is 0 Å². The summed E-state index contributed by atoms with van der Waals surface area (Å²) in [5.74, 6) is 1.48. The highest BCUT2D eigenvalue weighted by atomic mass is 16.5. The van der Waals surface area contributed by atoms with E-state index in [1.54, 1.807) is 0 Å². The van der Waals surface area contributed by atoms with Crippen molar-refractivity contribution in [1.82, 2.24) is 15.4 Å². The molecule has 3 heterocycles. The number of carbonyl (C=O) groups is 1. The maximum absolute atomic E-state index is 12.4. The molecule has 1 aromatic heterocycles. The van der Waals surface area contributed by atoms with E-state index in [2.05, 4.69) is 29.2 Å². The summed E-state index contributed by atoms with van der Waals surface area (Å²) in [5, 5.41) is 7.08. The summed E-state index contributed by atoms with van der Waals surface area (Å²) in [6.45, 7) is 11.3. The minimum atomic E-state index is -0.0200. The van der Waals surface area contributed by atoms with Crippen molar-refractivity contribution in [2.24, 2.45) is 11.8 Å². The monoisotopic (exact) mass is 321 g/mol. The summed E-state index contributed by atoms with van der Waals surface area (Å²) in [6.07, 6.45) is 0.984. The van der Waals surface area contributed by atoms with Gasteiger partial charge in [-0.25, -0.2) is 0 Å². The van der Waals surface area contributed by atoms with Gasteiger partial charge in [-0.05, 0) is 26.2 Å². The fourth-order valence-electron chi connectivity index (χ4n) is 3.53. The highest BCUT2D eigenvalue weighted by Crippen LogP contribution is 2.33. The number of fused-ring (bicyclic) bond motifs is 2. The van der Waals surface area contributed by atoms with Crippen LogP contribution in [0.2, 0.25) is 0 Å². The molecule has 3 rings (SSSR count). The SMILES string of the molecule is Cc1noc(C)c1CN1C[C@H]2C[C@H](C(=O)NCC(C)C)[C@@H](C1)O2. The minimum absolute atomic E-state index is 0.00128. The minimum Gasteiger partial charge on any atom is -0.371 e. The van der Waals surface area contributed by atoms with Crippen molar-refractivity contribution in [3.8, 4) is 0 Å². The molecule has 6 nitrogen and oxygen atoms in total. The third kappa shape index (κ3) is 3.58. The van der Waals surface area contributed by atoms with Gasteiger partial charge in [-0.2, -0.15) is 0 Å². The lowest BCUT2D eigenvalue weighted by atomic mass is 9.99. The number of nitrogens with one attached hydrogen (secondary N) is 1. The second-order valence-electron chi connectivity index (χ2n) is 7.27. The van der Waals surface area contributed by atoms with Crippen LogP contribution < -0.4 is 5.32 Å². The van der Waals surface area contributed by atoms with Crippen LogP contribution in [0.4, 0.5) is 0 Å². The highest BCUT2D eigenvalue weighted by molar-refractivity contribution is 5.79. The molecule has 1 N–H and O–H groups in total. The molecule has 0 unspecified atom stereocenters. The molecule has 0 aromatic carbocycles. The first-order chi connectivity index (χ1) is 10.9. The number of likely N-dealkylation sites (tertiary alicyclic amines) is 1. The highest BCUT2D eigenvalue weighted by Gasteiger charge is 2.44. The van der Waals surface area contributed by atoms with Crippen molar-refractivity contribution in [3.63, 3.8) is 0 Å². The average Bonchev–Trinajstić information content (AvgIpc) is 2.98. The van der Waals surface area contributed by atoms with Gasteiger partial charge < -0.3 is 14.6 Å². The van der Waals surface area contributed by atoms with Gasteiger partial charge in [0.2, 0.25) is 5.91 Å². The molecule has 3 atom stereocenters. The Hall–Kier alpha value is -1.40. The molecule has 2 saturated heterocycles. The van der Waals surface area contributed by atoms with E-state index >= 15 is 0 Å². The zero-order valence-electron chi connectivity index (χ0n) is 14.5. The van der Waals surface area contributed by atoms with Crippen molar-refractivity contribution in [1.29, 1.82) is 0 Å². The Balaban J connectivity index is 1.60. The molecule has 23 heavy (non-hydrogen) atoms.